The number of ether oxygens (including phenoxy) is 1. The van der Waals surface area contributed by atoms with Crippen molar-refractivity contribution < 1.29 is 9.53 Å². The van der Waals surface area contributed by atoms with Crippen LogP contribution < -0.4 is 5.32 Å². The van der Waals surface area contributed by atoms with Gasteiger partial charge in [-0.2, -0.15) is 0 Å². The zero-order valence-electron chi connectivity index (χ0n) is 11.9. The predicted molar refractivity (Wildman–Crippen MR) is 73.8 cm³/mol. The van der Waals surface area contributed by atoms with E-state index in [-0.39, 0.29) is 12.0 Å². The Morgan fingerprint density at radius 1 is 1.26 bits per heavy atom. The van der Waals surface area contributed by atoms with Crippen LogP contribution in [0.5, 0.6) is 0 Å². The van der Waals surface area contributed by atoms with Crippen LogP contribution in [0.1, 0.15) is 39.0 Å². The van der Waals surface area contributed by atoms with Crippen molar-refractivity contribution in [2.24, 2.45) is 11.8 Å². The summed E-state index contributed by atoms with van der Waals surface area (Å²) in [6.45, 7) is 5.25. The van der Waals surface area contributed by atoms with Crippen LogP contribution in [0.15, 0.2) is 0 Å². The summed E-state index contributed by atoms with van der Waals surface area (Å²) in [7, 11) is 0. The second-order valence-electron chi connectivity index (χ2n) is 6.24. The highest BCUT2D eigenvalue weighted by Gasteiger charge is 2.42. The second kappa shape index (κ2) is 5.80. The summed E-state index contributed by atoms with van der Waals surface area (Å²) < 4.78 is 5.54. The smallest absolute Gasteiger partial charge is 0.229 e. The van der Waals surface area contributed by atoms with Crippen molar-refractivity contribution in [3.8, 4) is 0 Å². The summed E-state index contributed by atoms with van der Waals surface area (Å²) in [6, 6.07) is 0.753. The molecule has 0 aromatic carbocycles. The number of likely N-dealkylation sites (N-methyl/N-ethyl adjacent to an activating group) is 1. The summed E-state index contributed by atoms with van der Waals surface area (Å²) in [6.07, 6.45) is 6.36. The van der Waals surface area contributed by atoms with E-state index in [0.29, 0.717) is 25.2 Å². The third kappa shape index (κ3) is 2.52. The normalized spacial score (nSPS) is 38.5. The van der Waals surface area contributed by atoms with Gasteiger partial charge in [-0.25, -0.2) is 0 Å². The number of hydrogen-bond donors (Lipinski definition) is 1. The molecule has 0 aromatic heterocycles. The van der Waals surface area contributed by atoms with Crippen LogP contribution in [0.4, 0.5) is 0 Å². The monoisotopic (exact) mass is 266 g/mol. The standard InChI is InChI=1S/C15H26N2O2/c1-2-16-13-10-19-9-12(13)15(18)17-8-4-6-11-5-3-7-14(11)17/h11-14,16H,2-10H2,1H3. The Bertz CT molecular complexity index is 334. The Hall–Kier alpha value is -0.610. The molecule has 108 valence electrons. The Labute approximate surface area is 115 Å². The molecule has 4 atom stereocenters. The number of hydrogen-bond acceptors (Lipinski definition) is 3. The molecular formula is C15H26N2O2. The van der Waals surface area contributed by atoms with Crippen molar-refractivity contribution in [3.05, 3.63) is 0 Å². The summed E-state index contributed by atoms with van der Waals surface area (Å²) in [5.41, 5.74) is 0. The minimum absolute atomic E-state index is 0.0410. The third-order valence-corrected chi connectivity index (χ3v) is 5.14. The number of likely N-dealkylation sites (tertiary alicyclic amines) is 1. The van der Waals surface area contributed by atoms with Crippen LogP contribution in [0.3, 0.4) is 0 Å². The lowest BCUT2D eigenvalue weighted by molar-refractivity contribution is -0.140. The lowest BCUT2D eigenvalue weighted by atomic mass is 9.90. The largest absolute Gasteiger partial charge is 0.379 e. The van der Waals surface area contributed by atoms with Gasteiger partial charge in [0, 0.05) is 18.6 Å². The molecule has 3 aliphatic rings. The molecule has 4 unspecified atom stereocenters. The van der Waals surface area contributed by atoms with Crippen LogP contribution in [-0.2, 0) is 9.53 Å². The first kappa shape index (κ1) is 13.4. The van der Waals surface area contributed by atoms with Crippen LogP contribution in [-0.4, -0.2) is 49.2 Å². The van der Waals surface area contributed by atoms with E-state index in [2.05, 4.69) is 17.1 Å². The first-order chi connectivity index (χ1) is 9.31. The number of rotatable bonds is 3. The van der Waals surface area contributed by atoms with Crippen molar-refractivity contribution in [1.82, 2.24) is 10.2 Å². The number of fused-ring (bicyclic) bond motifs is 1. The molecule has 0 radical (unpaired) electrons. The molecule has 4 heteroatoms. The zero-order valence-corrected chi connectivity index (χ0v) is 11.9. The molecule has 0 bridgehead atoms. The number of amides is 1. The fraction of sp³-hybridized carbons (Fsp3) is 0.933. The quantitative estimate of drug-likeness (QED) is 0.839. The second-order valence-corrected chi connectivity index (χ2v) is 6.24. The molecule has 3 fully saturated rings. The highest BCUT2D eigenvalue weighted by atomic mass is 16.5. The highest BCUT2D eigenvalue weighted by molar-refractivity contribution is 5.80. The summed E-state index contributed by atoms with van der Waals surface area (Å²) in [5, 5.41) is 3.40. The lowest BCUT2D eigenvalue weighted by Crippen LogP contribution is -2.52. The first-order valence-electron chi connectivity index (χ1n) is 7.93. The van der Waals surface area contributed by atoms with Crippen molar-refractivity contribution in [2.45, 2.75) is 51.1 Å². The van der Waals surface area contributed by atoms with E-state index in [1.54, 1.807) is 0 Å². The summed E-state index contributed by atoms with van der Waals surface area (Å²) in [5.74, 6) is 1.16. The van der Waals surface area contributed by atoms with Crippen molar-refractivity contribution in [2.75, 3.05) is 26.3 Å². The fourth-order valence-electron chi connectivity index (χ4n) is 4.20. The fourth-order valence-corrected chi connectivity index (χ4v) is 4.20. The van der Waals surface area contributed by atoms with E-state index in [1.165, 1.54) is 32.1 Å². The Balaban J connectivity index is 1.68. The molecule has 19 heavy (non-hydrogen) atoms. The van der Waals surface area contributed by atoms with Gasteiger partial charge in [0.2, 0.25) is 5.91 Å². The SMILES string of the molecule is CCNC1COCC1C(=O)N1CCCC2CCCC21. The molecule has 1 aliphatic carbocycles. The third-order valence-electron chi connectivity index (χ3n) is 5.14. The van der Waals surface area contributed by atoms with Gasteiger partial charge in [0.05, 0.1) is 19.1 Å². The van der Waals surface area contributed by atoms with Crippen molar-refractivity contribution >= 4 is 5.91 Å². The molecule has 3 rings (SSSR count). The first-order valence-corrected chi connectivity index (χ1v) is 7.93. The molecule has 0 spiro atoms. The molecule has 1 N–H and O–H groups in total. The molecule has 1 saturated carbocycles. The Morgan fingerprint density at radius 3 is 2.95 bits per heavy atom. The van der Waals surface area contributed by atoms with E-state index in [9.17, 15) is 4.79 Å². The van der Waals surface area contributed by atoms with Crippen molar-refractivity contribution in [3.63, 3.8) is 0 Å². The molecule has 2 saturated heterocycles. The number of piperidine rings is 1. The van der Waals surface area contributed by atoms with E-state index < -0.39 is 0 Å². The van der Waals surface area contributed by atoms with Gasteiger partial charge >= 0.3 is 0 Å². The Morgan fingerprint density at radius 2 is 2.11 bits per heavy atom. The van der Waals surface area contributed by atoms with Gasteiger partial charge in [-0.05, 0) is 38.1 Å². The zero-order chi connectivity index (χ0) is 13.2. The van der Waals surface area contributed by atoms with Gasteiger partial charge in [-0.3, -0.25) is 4.79 Å². The predicted octanol–water partition coefficient (Wildman–Crippen LogP) is 1.40. The van der Waals surface area contributed by atoms with Gasteiger partial charge < -0.3 is 15.0 Å². The van der Waals surface area contributed by atoms with E-state index >= 15 is 0 Å². The number of carbonyl (C=O) groups is 1. The maximum atomic E-state index is 12.8. The summed E-state index contributed by atoms with van der Waals surface area (Å²) in [4.78, 5) is 15.0. The maximum absolute atomic E-state index is 12.8. The topological polar surface area (TPSA) is 41.6 Å². The van der Waals surface area contributed by atoms with Crippen LogP contribution in [0.25, 0.3) is 0 Å². The van der Waals surface area contributed by atoms with Gasteiger partial charge in [-0.1, -0.05) is 13.3 Å². The van der Waals surface area contributed by atoms with E-state index in [0.717, 1.165) is 19.0 Å². The molecule has 0 aromatic rings. The minimum Gasteiger partial charge on any atom is -0.379 e. The molecular weight excluding hydrogens is 240 g/mol. The van der Waals surface area contributed by atoms with Gasteiger partial charge in [0.25, 0.3) is 0 Å². The number of nitrogens with one attached hydrogen (secondary N) is 1. The molecule has 1 amide bonds. The maximum Gasteiger partial charge on any atom is 0.229 e. The average Bonchev–Trinajstić information content (AvgIpc) is 3.06. The van der Waals surface area contributed by atoms with Crippen molar-refractivity contribution in [1.29, 1.82) is 0 Å². The molecule has 2 aliphatic heterocycles. The van der Waals surface area contributed by atoms with Gasteiger partial charge in [-0.15, -0.1) is 0 Å². The van der Waals surface area contributed by atoms with E-state index in [1.807, 2.05) is 0 Å². The van der Waals surface area contributed by atoms with Gasteiger partial charge in [0.15, 0.2) is 0 Å². The summed E-state index contributed by atoms with van der Waals surface area (Å²) >= 11 is 0. The average molecular weight is 266 g/mol. The molecule has 4 nitrogen and oxygen atoms in total. The number of carbonyl (C=O) groups excluding carboxylic acids is 1. The Kier molecular flexibility index (Phi) is 4.08. The van der Waals surface area contributed by atoms with Crippen LogP contribution in [0, 0.1) is 11.8 Å². The minimum atomic E-state index is 0.0410. The van der Waals surface area contributed by atoms with Crippen LogP contribution >= 0.6 is 0 Å². The number of nitrogens with zero attached hydrogens (tertiary/aromatic N) is 1. The van der Waals surface area contributed by atoms with E-state index in [4.69, 9.17) is 4.74 Å². The molecule has 2 heterocycles. The van der Waals surface area contributed by atoms with Crippen LogP contribution in [0.2, 0.25) is 0 Å². The lowest BCUT2D eigenvalue weighted by Gasteiger charge is -2.39. The van der Waals surface area contributed by atoms with Gasteiger partial charge in [0.1, 0.15) is 0 Å². The highest BCUT2D eigenvalue weighted by Crippen LogP contribution is 2.37.